The highest BCUT2D eigenvalue weighted by molar-refractivity contribution is 7.92. The highest BCUT2D eigenvalue weighted by Gasteiger charge is 2.32. The maximum absolute atomic E-state index is 13.7. The lowest BCUT2D eigenvalue weighted by molar-refractivity contribution is -0.140. The monoisotopic (exact) mass is 557 g/mol. The molecule has 2 aromatic carbocycles. The minimum Gasteiger partial charge on any atom is -0.497 e. The molecule has 2 aromatic rings. The summed E-state index contributed by atoms with van der Waals surface area (Å²) >= 11 is 12.4. The van der Waals surface area contributed by atoms with Gasteiger partial charge in [-0.15, -0.1) is 0 Å². The summed E-state index contributed by atoms with van der Waals surface area (Å²) in [6.45, 7) is 5.68. The largest absolute Gasteiger partial charge is 0.497 e. The van der Waals surface area contributed by atoms with E-state index in [0.717, 1.165) is 10.6 Å². The van der Waals surface area contributed by atoms with E-state index in [1.165, 1.54) is 12.0 Å². The second kappa shape index (κ2) is 13.2. The molecule has 0 saturated carbocycles. The molecular formula is C25H33Cl2N3O5S. The van der Waals surface area contributed by atoms with E-state index in [1.807, 2.05) is 13.8 Å². The van der Waals surface area contributed by atoms with Crippen LogP contribution in [0.2, 0.25) is 10.0 Å². The number of nitrogens with one attached hydrogen (secondary N) is 1. The van der Waals surface area contributed by atoms with E-state index < -0.39 is 28.5 Å². The van der Waals surface area contributed by atoms with Gasteiger partial charge in [0.1, 0.15) is 18.3 Å². The van der Waals surface area contributed by atoms with E-state index in [0.29, 0.717) is 40.0 Å². The fourth-order valence-electron chi connectivity index (χ4n) is 3.54. The van der Waals surface area contributed by atoms with Crippen molar-refractivity contribution in [3.05, 3.63) is 58.1 Å². The molecule has 0 spiro atoms. The minimum atomic E-state index is -3.83. The molecular weight excluding hydrogens is 525 g/mol. The Morgan fingerprint density at radius 3 is 2.22 bits per heavy atom. The van der Waals surface area contributed by atoms with Gasteiger partial charge in [0.2, 0.25) is 21.8 Å². The van der Waals surface area contributed by atoms with Crippen LogP contribution in [0.25, 0.3) is 0 Å². The van der Waals surface area contributed by atoms with Crippen molar-refractivity contribution in [2.24, 2.45) is 5.92 Å². The Morgan fingerprint density at radius 1 is 1.08 bits per heavy atom. The van der Waals surface area contributed by atoms with Crippen LogP contribution in [0.4, 0.5) is 5.69 Å². The molecule has 1 N–H and O–H groups in total. The molecule has 0 aliphatic rings. The normalized spacial score (nSPS) is 12.2. The molecule has 36 heavy (non-hydrogen) atoms. The first kappa shape index (κ1) is 29.7. The molecule has 2 rings (SSSR count). The first-order valence-corrected chi connectivity index (χ1v) is 14.1. The number of hydrogen-bond donors (Lipinski definition) is 1. The van der Waals surface area contributed by atoms with Gasteiger partial charge in [0.25, 0.3) is 0 Å². The van der Waals surface area contributed by atoms with Crippen LogP contribution in [-0.2, 0) is 26.2 Å². The van der Waals surface area contributed by atoms with Gasteiger partial charge in [-0.3, -0.25) is 13.9 Å². The number of nitrogens with zero attached hydrogens (tertiary/aromatic N) is 2. The maximum Gasteiger partial charge on any atom is 0.244 e. The zero-order chi connectivity index (χ0) is 27.0. The lowest BCUT2D eigenvalue weighted by Gasteiger charge is -2.33. The van der Waals surface area contributed by atoms with E-state index in [9.17, 15) is 18.0 Å². The van der Waals surface area contributed by atoms with Crippen molar-refractivity contribution >= 4 is 50.7 Å². The number of benzene rings is 2. The first-order chi connectivity index (χ1) is 16.9. The third-order valence-corrected chi connectivity index (χ3v) is 7.19. The molecule has 0 aliphatic carbocycles. The summed E-state index contributed by atoms with van der Waals surface area (Å²) in [6, 6.07) is 10.4. The Balaban J connectivity index is 2.45. The van der Waals surface area contributed by atoms with Gasteiger partial charge >= 0.3 is 0 Å². The second-order valence-electron chi connectivity index (χ2n) is 8.79. The first-order valence-electron chi connectivity index (χ1n) is 11.5. The summed E-state index contributed by atoms with van der Waals surface area (Å²) in [5.41, 5.74) is 0.883. The molecule has 0 saturated heterocycles. The SMILES string of the molecule is CCC(C(=O)NCC(C)C)N(Cc1ccc(Cl)cc1Cl)C(=O)CN(c1ccc(OC)cc1)S(C)(=O)=O. The summed E-state index contributed by atoms with van der Waals surface area (Å²) in [6.07, 6.45) is 1.35. The van der Waals surface area contributed by atoms with Crippen LogP contribution in [0.1, 0.15) is 32.8 Å². The quantitative estimate of drug-likeness (QED) is 0.418. The molecule has 1 unspecified atom stereocenters. The zero-order valence-corrected chi connectivity index (χ0v) is 23.5. The van der Waals surface area contributed by atoms with Crippen molar-refractivity contribution in [2.45, 2.75) is 39.8 Å². The van der Waals surface area contributed by atoms with Gasteiger partial charge in [0.05, 0.1) is 19.1 Å². The predicted molar refractivity (Wildman–Crippen MR) is 144 cm³/mol. The summed E-state index contributed by atoms with van der Waals surface area (Å²) < 4.78 is 31.5. The number of amides is 2. The van der Waals surface area contributed by atoms with Gasteiger partial charge in [-0.1, -0.05) is 50.0 Å². The van der Waals surface area contributed by atoms with Crippen LogP contribution in [-0.4, -0.2) is 57.6 Å². The number of carbonyl (C=O) groups is 2. The third-order valence-electron chi connectivity index (χ3n) is 5.47. The summed E-state index contributed by atoms with van der Waals surface area (Å²) in [5, 5.41) is 3.65. The molecule has 0 bridgehead atoms. The van der Waals surface area contributed by atoms with Crippen molar-refractivity contribution in [3.8, 4) is 5.75 Å². The van der Waals surface area contributed by atoms with Gasteiger partial charge < -0.3 is 15.0 Å². The predicted octanol–water partition coefficient (Wildman–Crippen LogP) is 4.35. The lowest BCUT2D eigenvalue weighted by Crippen LogP contribution is -2.52. The van der Waals surface area contributed by atoms with E-state index >= 15 is 0 Å². The molecule has 0 radical (unpaired) electrons. The molecule has 0 aromatic heterocycles. The van der Waals surface area contributed by atoms with Crippen molar-refractivity contribution < 1.29 is 22.7 Å². The molecule has 8 nitrogen and oxygen atoms in total. The van der Waals surface area contributed by atoms with Gasteiger partial charge in [0, 0.05) is 23.1 Å². The number of rotatable bonds is 12. The molecule has 0 fully saturated rings. The lowest BCUT2D eigenvalue weighted by atomic mass is 10.1. The van der Waals surface area contributed by atoms with E-state index in [4.69, 9.17) is 27.9 Å². The molecule has 1 atom stereocenters. The Morgan fingerprint density at radius 2 is 1.72 bits per heavy atom. The van der Waals surface area contributed by atoms with Crippen molar-refractivity contribution in [1.29, 1.82) is 0 Å². The summed E-state index contributed by atoms with van der Waals surface area (Å²) in [5.74, 6) is -0.101. The Bertz CT molecular complexity index is 1160. The number of halogens is 2. The Hall–Kier alpha value is -2.49. The van der Waals surface area contributed by atoms with Crippen molar-refractivity contribution in [1.82, 2.24) is 10.2 Å². The topological polar surface area (TPSA) is 96.0 Å². The van der Waals surface area contributed by atoms with Crippen molar-refractivity contribution in [3.63, 3.8) is 0 Å². The van der Waals surface area contributed by atoms with Gasteiger partial charge in [-0.25, -0.2) is 8.42 Å². The number of sulfonamides is 1. The highest BCUT2D eigenvalue weighted by atomic mass is 35.5. The third kappa shape index (κ3) is 8.28. The van der Waals surface area contributed by atoms with Gasteiger partial charge in [-0.2, -0.15) is 0 Å². The molecule has 11 heteroatoms. The molecule has 0 heterocycles. The van der Waals surface area contributed by atoms with Crippen LogP contribution in [0.15, 0.2) is 42.5 Å². The fourth-order valence-corrected chi connectivity index (χ4v) is 4.86. The summed E-state index contributed by atoms with van der Waals surface area (Å²) in [7, 11) is -2.32. The molecule has 0 aliphatic heterocycles. The maximum atomic E-state index is 13.7. The van der Waals surface area contributed by atoms with Crippen LogP contribution >= 0.6 is 23.2 Å². The number of anilines is 1. The minimum absolute atomic E-state index is 0.00263. The van der Waals surface area contributed by atoms with Crippen LogP contribution < -0.4 is 14.4 Å². The Kier molecular flexibility index (Phi) is 10.9. The van der Waals surface area contributed by atoms with E-state index in [-0.39, 0.29) is 18.4 Å². The van der Waals surface area contributed by atoms with Crippen LogP contribution in [0.3, 0.4) is 0 Å². The summed E-state index contributed by atoms with van der Waals surface area (Å²) in [4.78, 5) is 28.1. The van der Waals surface area contributed by atoms with Gasteiger partial charge in [0.15, 0.2) is 0 Å². The van der Waals surface area contributed by atoms with E-state index in [2.05, 4.69) is 5.32 Å². The number of methoxy groups -OCH3 is 1. The molecule has 2 amide bonds. The van der Waals surface area contributed by atoms with Crippen LogP contribution in [0, 0.1) is 5.92 Å². The van der Waals surface area contributed by atoms with Crippen molar-refractivity contribution in [2.75, 3.05) is 30.8 Å². The zero-order valence-electron chi connectivity index (χ0n) is 21.1. The number of ether oxygens (including phenoxy) is 1. The van der Waals surface area contributed by atoms with E-state index in [1.54, 1.807) is 49.4 Å². The number of carbonyl (C=O) groups excluding carboxylic acids is 2. The average molecular weight is 559 g/mol. The molecule has 198 valence electrons. The average Bonchev–Trinajstić information content (AvgIpc) is 2.81. The fraction of sp³-hybridized carbons (Fsp3) is 0.440. The number of hydrogen-bond acceptors (Lipinski definition) is 5. The smallest absolute Gasteiger partial charge is 0.244 e. The van der Waals surface area contributed by atoms with Crippen LogP contribution in [0.5, 0.6) is 5.75 Å². The highest BCUT2D eigenvalue weighted by Crippen LogP contribution is 2.25. The second-order valence-corrected chi connectivity index (χ2v) is 11.5. The van der Waals surface area contributed by atoms with Gasteiger partial charge in [-0.05, 0) is 54.3 Å². The Labute approximate surface area is 223 Å². The standard InChI is InChI=1S/C25H33Cl2N3O5S/c1-6-23(25(32)28-14-17(2)3)29(15-18-7-8-19(26)13-22(18)27)24(31)16-30(36(5,33)34)20-9-11-21(35-4)12-10-20/h7-13,17,23H,6,14-16H2,1-5H3,(H,28,32).